The fourth-order valence-corrected chi connectivity index (χ4v) is 4.12. The number of Topliss-reactive ketones (excluding diaryl/α,β-unsaturated/α-hetero) is 1. The fourth-order valence-electron chi connectivity index (χ4n) is 3.58. The second-order valence-electron chi connectivity index (χ2n) is 6.94. The van der Waals surface area contributed by atoms with E-state index in [2.05, 4.69) is 0 Å². The highest BCUT2D eigenvalue weighted by Crippen LogP contribution is 2.41. The van der Waals surface area contributed by atoms with Crippen LogP contribution in [-0.2, 0) is 15.9 Å². The molecular formula is C21H19Cl2F3O3. The average Bonchev–Trinajstić information content (AvgIpc) is 3.04. The van der Waals surface area contributed by atoms with Crippen molar-refractivity contribution in [3.05, 3.63) is 68.7 Å². The van der Waals surface area contributed by atoms with Crippen molar-refractivity contribution in [3.63, 3.8) is 0 Å². The van der Waals surface area contributed by atoms with Crippen molar-refractivity contribution in [1.29, 1.82) is 0 Å². The van der Waals surface area contributed by atoms with Gasteiger partial charge in [0.1, 0.15) is 6.79 Å². The van der Waals surface area contributed by atoms with Gasteiger partial charge in [-0.25, -0.2) is 0 Å². The molecule has 0 fully saturated rings. The van der Waals surface area contributed by atoms with Gasteiger partial charge in [0.2, 0.25) is 0 Å². The number of ketones is 1. The van der Waals surface area contributed by atoms with Crippen LogP contribution in [0.3, 0.4) is 0 Å². The summed E-state index contributed by atoms with van der Waals surface area (Å²) in [4.78, 5) is 12.7. The van der Waals surface area contributed by atoms with Gasteiger partial charge in [-0.15, -0.1) is 0 Å². The molecule has 0 heterocycles. The highest BCUT2D eigenvalue weighted by molar-refractivity contribution is 6.34. The Labute approximate surface area is 176 Å². The van der Waals surface area contributed by atoms with Gasteiger partial charge in [0, 0.05) is 29.1 Å². The molecule has 2 aromatic carbocycles. The molecule has 0 radical (unpaired) electrons. The lowest BCUT2D eigenvalue weighted by Gasteiger charge is -2.21. The van der Waals surface area contributed by atoms with E-state index in [0.717, 1.165) is 17.5 Å². The monoisotopic (exact) mass is 446 g/mol. The number of methoxy groups -OCH3 is 1. The Morgan fingerprint density at radius 3 is 2.48 bits per heavy atom. The van der Waals surface area contributed by atoms with E-state index >= 15 is 0 Å². The summed E-state index contributed by atoms with van der Waals surface area (Å²) < 4.78 is 51.5. The number of halogens is 5. The van der Waals surface area contributed by atoms with Crippen LogP contribution in [0.1, 0.15) is 51.9 Å². The molecule has 1 unspecified atom stereocenters. The van der Waals surface area contributed by atoms with Gasteiger partial charge in [-0.2, -0.15) is 13.2 Å². The maximum absolute atomic E-state index is 13.7. The highest BCUT2D eigenvalue weighted by atomic mass is 35.5. The molecule has 8 heteroatoms. The normalized spacial score (nSPS) is 17.2. The number of carbonyl (C=O) groups is 1. The summed E-state index contributed by atoms with van der Waals surface area (Å²) in [6, 6.07) is 8.69. The van der Waals surface area contributed by atoms with Crippen LogP contribution in [0.2, 0.25) is 10.0 Å². The third kappa shape index (κ3) is 5.31. The molecule has 0 aromatic heterocycles. The van der Waals surface area contributed by atoms with Gasteiger partial charge in [-0.3, -0.25) is 4.79 Å². The molecular weight excluding hydrogens is 428 g/mol. The Balaban J connectivity index is 1.82. The highest BCUT2D eigenvalue weighted by Gasteiger charge is 2.42. The number of hydrogen-bond acceptors (Lipinski definition) is 3. The van der Waals surface area contributed by atoms with E-state index in [-0.39, 0.29) is 34.1 Å². The fraction of sp³-hybridized carbons (Fsp3) is 0.381. The molecule has 3 rings (SSSR count). The third-order valence-corrected chi connectivity index (χ3v) is 5.38. The minimum atomic E-state index is -4.61. The minimum Gasteiger partial charge on any atom is -0.359 e. The molecule has 0 N–H and O–H groups in total. The van der Waals surface area contributed by atoms with Gasteiger partial charge in [-0.05, 0) is 53.8 Å². The van der Waals surface area contributed by atoms with Crippen molar-refractivity contribution in [2.45, 2.75) is 37.5 Å². The zero-order valence-corrected chi connectivity index (χ0v) is 17.1. The topological polar surface area (TPSA) is 35.5 Å². The maximum atomic E-state index is 13.7. The van der Waals surface area contributed by atoms with Crippen LogP contribution in [0, 0.1) is 0 Å². The first kappa shape index (κ1) is 22.1. The van der Waals surface area contributed by atoms with Gasteiger partial charge in [0.05, 0.1) is 12.0 Å². The van der Waals surface area contributed by atoms with Crippen LogP contribution in [0.4, 0.5) is 13.2 Å². The van der Waals surface area contributed by atoms with E-state index in [9.17, 15) is 18.0 Å². The van der Waals surface area contributed by atoms with Gasteiger partial charge in [0.15, 0.2) is 5.78 Å². The molecule has 2 atom stereocenters. The number of hydrogen-bond donors (Lipinski definition) is 0. The van der Waals surface area contributed by atoms with Crippen LogP contribution in [-0.4, -0.2) is 25.9 Å². The second kappa shape index (κ2) is 9.04. The number of rotatable bonds is 7. The lowest BCUT2D eigenvalue weighted by Crippen LogP contribution is -2.24. The Kier molecular flexibility index (Phi) is 6.89. The molecule has 1 aliphatic rings. The van der Waals surface area contributed by atoms with E-state index < -0.39 is 24.3 Å². The number of carbonyl (C=O) groups excluding carboxylic acids is 1. The smallest absolute Gasteiger partial charge is 0.359 e. The maximum Gasteiger partial charge on any atom is 0.396 e. The summed E-state index contributed by atoms with van der Waals surface area (Å²) in [5, 5.41) is 0.183. The van der Waals surface area contributed by atoms with Crippen molar-refractivity contribution < 1.29 is 27.4 Å². The van der Waals surface area contributed by atoms with Crippen molar-refractivity contribution >= 4 is 29.0 Å². The summed E-state index contributed by atoms with van der Waals surface area (Å²) in [6.07, 6.45) is -4.03. The second-order valence-corrected chi connectivity index (χ2v) is 7.81. The summed E-state index contributed by atoms with van der Waals surface area (Å²) in [5.41, 5.74) is 1.97. The molecule has 0 bridgehead atoms. The van der Waals surface area contributed by atoms with Crippen molar-refractivity contribution in [1.82, 2.24) is 0 Å². The Bertz CT molecular complexity index is 879. The van der Waals surface area contributed by atoms with Crippen LogP contribution in [0.5, 0.6) is 0 Å². The lowest BCUT2D eigenvalue weighted by atomic mass is 9.90. The number of alkyl halides is 3. The number of fused-ring (bicyclic) bond motifs is 1. The average molecular weight is 447 g/mol. The first-order valence-corrected chi connectivity index (χ1v) is 9.74. The van der Waals surface area contributed by atoms with Crippen molar-refractivity contribution in [2.75, 3.05) is 13.9 Å². The van der Waals surface area contributed by atoms with Gasteiger partial charge < -0.3 is 9.47 Å². The predicted octanol–water partition coefficient (Wildman–Crippen LogP) is 6.52. The molecule has 156 valence electrons. The summed E-state index contributed by atoms with van der Waals surface area (Å²) in [5.74, 6) is -2.58. The molecule has 29 heavy (non-hydrogen) atoms. The van der Waals surface area contributed by atoms with Crippen LogP contribution >= 0.6 is 23.2 Å². The number of ether oxygens (including phenoxy) is 2. The predicted molar refractivity (Wildman–Crippen MR) is 105 cm³/mol. The van der Waals surface area contributed by atoms with Gasteiger partial charge in [-0.1, -0.05) is 35.3 Å². The zero-order valence-electron chi connectivity index (χ0n) is 15.6. The van der Waals surface area contributed by atoms with E-state index in [0.29, 0.717) is 6.42 Å². The molecule has 0 saturated heterocycles. The zero-order chi connectivity index (χ0) is 21.2. The summed E-state index contributed by atoms with van der Waals surface area (Å²) >= 11 is 11.7. The van der Waals surface area contributed by atoms with Crippen LogP contribution in [0.25, 0.3) is 0 Å². The van der Waals surface area contributed by atoms with Crippen LogP contribution < -0.4 is 0 Å². The lowest BCUT2D eigenvalue weighted by molar-refractivity contribution is -0.149. The largest absolute Gasteiger partial charge is 0.396 e. The molecule has 3 nitrogen and oxygen atoms in total. The first-order chi connectivity index (χ1) is 13.7. The SMILES string of the molecule is COCOC1CCc2cc(C(=O)C[C@@H](c3cc(Cl)cc(Cl)c3)C(F)(F)F)ccc21. The molecule has 0 spiro atoms. The molecule has 1 aliphatic carbocycles. The van der Waals surface area contributed by atoms with E-state index in [1.807, 2.05) is 0 Å². The van der Waals surface area contributed by atoms with E-state index in [1.54, 1.807) is 18.2 Å². The van der Waals surface area contributed by atoms with Gasteiger partial charge >= 0.3 is 6.18 Å². The third-order valence-electron chi connectivity index (χ3n) is 4.95. The van der Waals surface area contributed by atoms with E-state index in [1.165, 1.54) is 25.3 Å². The summed E-state index contributed by atoms with van der Waals surface area (Å²) in [7, 11) is 1.53. The van der Waals surface area contributed by atoms with Crippen molar-refractivity contribution in [3.8, 4) is 0 Å². The minimum absolute atomic E-state index is 0.0915. The standard InChI is InChI=1S/C21H19Cl2F3O3/c1-28-11-29-20-5-3-12-6-13(2-4-17(12)20)19(27)10-18(21(24,25)26)14-7-15(22)9-16(23)8-14/h2,4,6-9,18,20H,3,5,10-11H2,1H3/t18-,20?/m0/s1. The van der Waals surface area contributed by atoms with Crippen LogP contribution in [0.15, 0.2) is 36.4 Å². The number of benzene rings is 2. The quantitative estimate of drug-likeness (QED) is 0.358. The van der Waals surface area contributed by atoms with Crippen molar-refractivity contribution in [2.24, 2.45) is 0 Å². The molecule has 0 aliphatic heterocycles. The van der Waals surface area contributed by atoms with Gasteiger partial charge in [0.25, 0.3) is 0 Å². The van der Waals surface area contributed by atoms with E-state index in [4.69, 9.17) is 32.7 Å². The Morgan fingerprint density at radius 1 is 1.17 bits per heavy atom. The Hall–Kier alpha value is -1.60. The molecule has 0 amide bonds. The number of aryl methyl sites for hydroxylation is 1. The Morgan fingerprint density at radius 2 is 1.86 bits per heavy atom. The first-order valence-electron chi connectivity index (χ1n) is 8.98. The summed E-state index contributed by atoms with van der Waals surface area (Å²) in [6.45, 7) is 0.153. The molecule has 2 aromatic rings. The molecule has 0 saturated carbocycles.